The second kappa shape index (κ2) is 6.57. The molecule has 1 N–H and O–H groups in total. The lowest BCUT2D eigenvalue weighted by molar-refractivity contribution is -0.117. The molecule has 4 rings (SSSR count). The molecule has 26 heavy (non-hydrogen) atoms. The molecule has 2 unspecified atom stereocenters. The molecule has 132 valence electrons. The molecule has 1 fully saturated rings. The van der Waals surface area contributed by atoms with Gasteiger partial charge in [-0.2, -0.15) is 0 Å². The molecule has 7 heteroatoms. The molecule has 1 amide bonds. The third kappa shape index (κ3) is 3.22. The van der Waals surface area contributed by atoms with Gasteiger partial charge in [0.15, 0.2) is 16.8 Å². The third-order valence-corrected chi connectivity index (χ3v) is 5.14. The molecule has 0 bridgehead atoms. The summed E-state index contributed by atoms with van der Waals surface area (Å²) in [6.45, 7) is 0. The highest BCUT2D eigenvalue weighted by Gasteiger charge is 2.45. The van der Waals surface area contributed by atoms with Crippen LogP contribution in [0, 0.1) is 23.4 Å². The van der Waals surface area contributed by atoms with Gasteiger partial charge in [0.1, 0.15) is 5.82 Å². The Bertz CT molecular complexity index is 988. The van der Waals surface area contributed by atoms with Crippen LogP contribution in [0.2, 0.25) is 0 Å². The van der Waals surface area contributed by atoms with E-state index in [-0.39, 0.29) is 23.6 Å². The van der Waals surface area contributed by atoms with Crippen molar-refractivity contribution in [3.05, 3.63) is 70.9 Å². The van der Waals surface area contributed by atoms with E-state index < -0.39 is 11.6 Å². The van der Waals surface area contributed by atoms with E-state index >= 15 is 0 Å². The highest BCUT2D eigenvalue weighted by Crippen LogP contribution is 2.48. The van der Waals surface area contributed by atoms with E-state index in [1.807, 2.05) is 0 Å². The molecule has 2 atom stereocenters. The van der Waals surface area contributed by atoms with Gasteiger partial charge in [0.05, 0.1) is 5.69 Å². The Morgan fingerprint density at radius 1 is 1.08 bits per heavy atom. The first-order valence-corrected chi connectivity index (χ1v) is 8.87. The van der Waals surface area contributed by atoms with Crippen molar-refractivity contribution in [3.63, 3.8) is 0 Å². The highest BCUT2D eigenvalue weighted by molar-refractivity contribution is 7.14. The van der Waals surface area contributed by atoms with Crippen LogP contribution >= 0.6 is 11.3 Å². The number of thiazole rings is 1. The summed E-state index contributed by atoms with van der Waals surface area (Å²) in [6, 6.07) is 9.96. The molecule has 0 aliphatic heterocycles. The van der Waals surface area contributed by atoms with Crippen molar-refractivity contribution in [3.8, 4) is 11.3 Å². The van der Waals surface area contributed by atoms with E-state index in [1.54, 1.807) is 23.6 Å². The first-order valence-electron chi connectivity index (χ1n) is 7.99. The smallest absolute Gasteiger partial charge is 0.229 e. The van der Waals surface area contributed by atoms with Gasteiger partial charge in [-0.3, -0.25) is 4.79 Å². The molecule has 1 aromatic heterocycles. The summed E-state index contributed by atoms with van der Waals surface area (Å²) >= 11 is 1.19. The maximum Gasteiger partial charge on any atom is 0.229 e. The lowest BCUT2D eigenvalue weighted by atomic mass is 10.1. The molecule has 1 saturated carbocycles. The van der Waals surface area contributed by atoms with Crippen LogP contribution in [0.5, 0.6) is 0 Å². The number of carbonyl (C=O) groups excluding carboxylic acids is 1. The fourth-order valence-electron chi connectivity index (χ4n) is 2.92. The number of rotatable bonds is 4. The van der Waals surface area contributed by atoms with E-state index in [0.29, 0.717) is 28.4 Å². The maximum absolute atomic E-state index is 13.8. The average Bonchev–Trinajstić information content (AvgIpc) is 3.29. The number of amides is 1. The summed E-state index contributed by atoms with van der Waals surface area (Å²) in [5, 5.41) is 4.74. The SMILES string of the molecule is O=C(Nc1nc(-c2ccc(F)c(F)c2)cs1)C1CC1c1ccccc1F. The Morgan fingerprint density at radius 2 is 1.88 bits per heavy atom. The van der Waals surface area contributed by atoms with E-state index in [4.69, 9.17) is 0 Å². The molecule has 3 nitrogen and oxygen atoms in total. The molecular weight excluding hydrogens is 361 g/mol. The van der Waals surface area contributed by atoms with Crippen molar-refractivity contribution >= 4 is 22.4 Å². The maximum atomic E-state index is 13.8. The minimum Gasteiger partial charge on any atom is -0.302 e. The van der Waals surface area contributed by atoms with Crippen molar-refractivity contribution in [1.82, 2.24) is 4.98 Å². The minimum atomic E-state index is -0.952. The first kappa shape index (κ1) is 16.8. The van der Waals surface area contributed by atoms with Crippen LogP contribution in [0.25, 0.3) is 11.3 Å². The van der Waals surface area contributed by atoms with Crippen molar-refractivity contribution in [2.24, 2.45) is 5.92 Å². The van der Waals surface area contributed by atoms with Crippen LogP contribution in [-0.2, 0) is 4.79 Å². The van der Waals surface area contributed by atoms with E-state index in [9.17, 15) is 18.0 Å². The molecule has 2 aromatic carbocycles. The Hall–Kier alpha value is -2.67. The molecule has 1 aliphatic rings. The van der Waals surface area contributed by atoms with Gasteiger partial charge in [0, 0.05) is 16.9 Å². The van der Waals surface area contributed by atoms with Crippen LogP contribution in [-0.4, -0.2) is 10.9 Å². The van der Waals surface area contributed by atoms with Gasteiger partial charge in [0.25, 0.3) is 0 Å². The molecule has 0 spiro atoms. The third-order valence-electron chi connectivity index (χ3n) is 4.38. The monoisotopic (exact) mass is 374 g/mol. The zero-order valence-electron chi connectivity index (χ0n) is 13.4. The number of hydrogen-bond acceptors (Lipinski definition) is 3. The lowest BCUT2D eigenvalue weighted by Crippen LogP contribution is -2.14. The highest BCUT2D eigenvalue weighted by atomic mass is 32.1. The molecule has 1 heterocycles. The largest absolute Gasteiger partial charge is 0.302 e. The van der Waals surface area contributed by atoms with Crippen molar-refractivity contribution in [1.29, 1.82) is 0 Å². The van der Waals surface area contributed by atoms with Gasteiger partial charge in [-0.1, -0.05) is 18.2 Å². The topological polar surface area (TPSA) is 42.0 Å². The lowest BCUT2D eigenvalue weighted by Gasteiger charge is -2.03. The number of carbonyl (C=O) groups is 1. The molecular formula is C19H13F3N2OS. The fraction of sp³-hybridized carbons (Fsp3) is 0.158. The Balaban J connectivity index is 1.44. The zero-order chi connectivity index (χ0) is 18.3. The van der Waals surface area contributed by atoms with Crippen molar-refractivity contribution < 1.29 is 18.0 Å². The summed E-state index contributed by atoms with van der Waals surface area (Å²) < 4.78 is 40.1. The summed E-state index contributed by atoms with van der Waals surface area (Å²) in [6.07, 6.45) is 0.591. The van der Waals surface area contributed by atoms with Crippen LogP contribution in [0.15, 0.2) is 47.8 Å². The Morgan fingerprint density at radius 3 is 2.65 bits per heavy atom. The zero-order valence-corrected chi connectivity index (χ0v) is 14.2. The number of anilines is 1. The first-order chi connectivity index (χ1) is 12.5. The molecule has 3 aromatic rings. The van der Waals surface area contributed by atoms with E-state index in [0.717, 1.165) is 12.1 Å². The summed E-state index contributed by atoms with van der Waals surface area (Å²) in [7, 11) is 0. The van der Waals surface area contributed by atoms with Crippen molar-refractivity contribution in [2.75, 3.05) is 5.32 Å². The predicted octanol–water partition coefficient (Wildman–Crippen LogP) is 4.97. The number of aromatic nitrogens is 1. The van der Waals surface area contributed by atoms with Crippen LogP contribution in [0.3, 0.4) is 0 Å². The summed E-state index contributed by atoms with van der Waals surface area (Å²) in [4.78, 5) is 16.6. The molecule has 0 saturated heterocycles. The fourth-order valence-corrected chi connectivity index (χ4v) is 3.64. The number of benzene rings is 2. The van der Waals surface area contributed by atoms with E-state index in [1.165, 1.54) is 23.5 Å². The van der Waals surface area contributed by atoms with E-state index in [2.05, 4.69) is 10.3 Å². The number of nitrogens with zero attached hydrogens (tertiary/aromatic N) is 1. The van der Waals surface area contributed by atoms with Crippen molar-refractivity contribution in [2.45, 2.75) is 12.3 Å². The average molecular weight is 374 g/mol. The van der Waals surface area contributed by atoms with Gasteiger partial charge in [-0.15, -0.1) is 11.3 Å². The summed E-state index contributed by atoms with van der Waals surface area (Å²) in [5.74, 6) is -2.81. The van der Waals surface area contributed by atoms with Gasteiger partial charge in [-0.05, 0) is 42.2 Å². The second-order valence-corrected chi connectivity index (χ2v) is 6.98. The second-order valence-electron chi connectivity index (χ2n) is 6.13. The normalized spacial score (nSPS) is 18.6. The molecule has 0 radical (unpaired) electrons. The van der Waals surface area contributed by atoms with Crippen LogP contribution in [0.4, 0.5) is 18.3 Å². The Kier molecular flexibility index (Phi) is 4.24. The number of hydrogen-bond donors (Lipinski definition) is 1. The quantitative estimate of drug-likeness (QED) is 0.701. The van der Waals surface area contributed by atoms with Gasteiger partial charge in [0.2, 0.25) is 5.91 Å². The summed E-state index contributed by atoms with van der Waals surface area (Å²) in [5.41, 5.74) is 1.43. The molecule has 1 aliphatic carbocycles. The standard InChI is InChI=1S/C19H13F3N2OS/c20-14-4-2-1-3-11(14)12-8-13(12)18(25)24-19-23-17(9-26-19)10-5-6-15(21)16(22)7-10/h1-7,9,12-13H,8H2,(H,23,24,25). The minimum absolute atomic E-state index is 0.123. The van der Waals surface area contributed by atoms with Crippen LogP contribution < -0.4 is 5.32 Å². The number of nitrogens with one attached hydrogen (secondary N) is 1. The Labute approximate surface area is 151 Å². The predicted molar refractivity (Wildman–Crippen MR) is 93.3 cm³/mol. The number of halogens is 3. The van der Waals surface area contributed by atoms with Gasteiger partial charge >= 0.3 is 0 Å². The van der Waals surface area contributed by atoms with Gasteiger partial charge in [-0.25, -0.2) is 18.2 Å². The van der Waals surface area contributed by atoms with Crippen LogP contribution in [0.1, 0.15) is 17.9 Å². The van der Waals surface area contributed by atoms with Gasteiger partial charge < -0.3 is 5.32 Å².